The zero-order chi connectivity index (χ0) is 14.8. The van der Waals surface area contributed by atoms with E-state index in [0.29, 0.717) is 5.82 Å². The van der Waals surface area contributed by atoms with Crippen molar-refractivity contribution in [1.82, 2.24) is 4.98 Å². The SMILES string of the molecule is CC(Cl)c1ccccc1Nc1nccc2ccc(O)cc12. The number of hydrogen-bond donors (Lipinski definition) is 2. The number of aromatic hydroxyl groups is 1. The predicted octanol–water partition coefficient (Wildman–Crippen LogP) is 4.98. The number of halogens is 1. The van der Waals surface area contributed by atoms with Gasteiger partial charge in [-0.15, -0.1) is 11.6 Å². The fourth-order valence-corrected chi connectivity index (χ4v) is 2.53. The van der Waals surface area contributed by atoms with Crippen LogP contribution in [0, 0.1) is 0 Å². The molecule has 2 aromatic carbocycles. The van der Waals surface area contributed by atoms with E-state index >= 15 is 0 Å². The van der Waals surface area contributed by atoms with E-state index in [9.17, 15) is 5.11 Å². The van der Waals surface area contributed by atoms with E-state index < -0.39 is 0 Å². The molecule has 0 aliphatic rings. The second-order valence-electron chi connectivity index (χ2n) is 4.89. The number of para-hydroxylation sites is 1. The van der Waals surface area contributed by atoms with Crippen molar-refractivity contribution in [2.24, 2.45) is 0 Å². The molecule has 1 unspecified atom stereocenters. The molecule has 0 saturated carbocycles. The van der Waals surface area contributed by atoms with Gasteiger partial charge in [-0.25, -0.2) is 4.98 Å². The Hall–Kier alpha value is -2.26. The summed E-state index contributed by atoms with van der Waals surface area (Å²) >= 11 is 6.22. The second-order valence-corrected chi connectivity index (χ2v) is 5.55. The van der Waals surface area contributed by atoms with Crippen LogP contribution in [0.2, 0.25) is 0 Å². The summed E-state index contributed by atoms with van der Waals surface area (Å²) in [5, 5.41) is 14.8. The van der Waals surface area contributed by atoms with E-state index in [2.05, 4.69) is 10.3 Å². The highest BCUT2D eigenvalue weighted by Gasteiger charge is 2.10. The zero-order valence-corrected chi connectivity index (χ0v) is 12.3. The van der Waals surface area contributed by atoms with Gasteiger partial charge in [-0.1, -0.05) is 24.3 Å². The normalized spacial score (nSPS) is 12.3. The lowest BCUT2D eigenvalue weighted by Gasteiger charge is -2.14. The number of anilines is 2. The summed E-state index contributed by atoms with van der Waals surface area (Å²) in [5.74, 6) is 0.922. The van der Waals surface area contributed by atoms with Crippen molar-refractivity contribution in [2.75, 3.05) is 5.32 Å². The van der Waals surface area contributed by atoms with Crippen molar-refractivity contribution in [2.45, 2.75) is 12.3 Å². The molecule has 21 heavy (non-hydrogen) atoms. The van der Waals surface area contributed by atoms with Crippen LogP contribution in [0.15, 0.2) is 54.7 Å². The van der Waals surface area contributed by atoms with Crippen molar-refractivity contribution in [1.29, 1.82) is 0 Å². The maximum Gasteiger partial charge on any atom is 0.138 e. The highest BCUT2D eigenvalue weighted by Crippen LogP contribution is 2.32. The van der Waals surface area contributed by atoms with Crippen molar-refractivity contribution in [3.8, 4) is 5.75 Å². The Morgan fingerprint density at radius 1 is 1.14 bits per heavy atom. The van der Waals surface area contributed by atoms with Crippen LogP contribution in [0.5, 0.6) is 5.75 Å². The summed E-state index contributed by atoms with van der Waals surface area (Å²) in [6.07, 6.45) is 1.74. The van der Waals surface area contributed by atoms with Crippen LogP contribution in [-0.4, -0.2) is 10.1 Å². The number of rotatable bonds is 3. The smallest absolute Gasteiger partial charge is 0.138 e. The van der Waals surface area contributed by atoms with Crippen molar-refractivity contribution < 1.29 is 5.11 Å². The Morgan fingerprint density at radius 3 is 2.76 bits per heavy atom. The second kappa shape index (κ2) is 5.62. The third-order valence-electron chi connectivity index (χ3n) is 3.39. The van der Waals surface area contributed by atoms with Gasteiger partial charge in [0.15, 0.2) is 0 Å². The molecule has 0 saturated heterocycles. The Kier molecular flexibility index (Phi) is 3.67. The molecule has 0 radical (unpaired) electrons. The number of nitrogens with one attached hydrogen (secondary N) is 1. The summed E-state index contributed by atoms with van der Waals surface area (Å²) in [7, 11) is 0. The molecule has 1 atom stereocenters. The Bertz CT molecular complexity index is 787. The van der Waals surface area contributed by atoms with Crippen LogP contribution >= 0.6 is 11.6 Å². The lowest BCUT2D eigenvalue weighted by Crippen LogP contribution is -1.99. The largest absolute Gasteiger partial charge is 0.508 e. The molecule has 2 N–H and O–H groups in total. The summed E-state index contributed by atoms with van der Waals surface area (Å²) in [6.45, 7) is 1.93. The summed E-state index contributed by atoms with van der Waals surface area (Å²) in [5.41, 5.74) is 1.93. The van der Waals surface area contributed by atoms with Gasteiger partial charge >= 0.3 is 0 Å². The minimum atomic E-state index is -0.0999. The fourth-order valence-electron chi connectivity index (χ4n) is 2.34. The molecule has 0 aliphatic carbocycles. The molecular weight excluding hydrogens is 284 g/mol. The van der Waals surface area contributed by atoms with Crippen LogP contribution in [0.1, 0.15) is 17.9 Å². The molecule has 0 fully saturated rings. The quantitative estimate of drug-likeness (QED) is 0.670. The number of benzene rings is 2. The van der Waals surface area contributed by atoms with E-state index in [-0.39, 0.29) is 11.1 Å². The van der Waals surface area contributed by atoms with Gasteiger partial charge in [-0.2, -0.15) is 0 Å². The van der Waals surface area contributed by atoms with Gasteiger partial charge in [0.2, 0.25) is 0 Å². The number of nitrogens with zero attached hydrogens (tertiary/aromatic N) is 1. The highest BCUT2D eigenvalue weighted by atomic mass is 35.5. The number of phenols is 1. The first-order valence-electron chi connectivity index (χ1n) is 6.73. The Morgan fingerprint density at radius 2 is 1.95 bits per heavy atom. The molecule has 3 aromatic rings. The van der Waals surface area contributed by atoms with E-state index in [0.717, 1.165) is 22.0 Å². The average Bonchev–Trinajstić information content (AvgIpc) is 2.48. The number of aromatic nitrogens is 1. The Balaban J connectivity index is 2.08. The molecular formula is C17H15ClN2O. The number of fused-ring (bicyclic) bond motifs is 1. The standard InChI is InChI=1S/C17H15ClN2O/c1-11(18)14-4-2-3-5-16(14)20-17-15-10-13(21)7-6-12(15)8-9-19-17/h2-11,21H,1H3,(H,19,20). The van der Waals surface area contributed by atoms with E-state index in [1.807, 2.05) is 43.3 Å². The topological polar surface area (TPSA) is 45.2 Å². The van der Waals surface area contributed by atoms with Crippen LogP contribution in [0.4, 0.5) is 11.5 Å². The van der Waals surface area contributed by atoms with Gasteiger partial charge in [0.1, 0.15) is 11.6 Å². The monoisotopic (exact) mass is 298 g/mol. The molecule has 0 amide bonds. The summed E-state index contributed by atoms with van der Waals surface area (Å²) in [4.78, 5) is 4.38. The van der Waals surface area contributed by atoms with Crippen LogP contribution in [0.25, 0.3) is 10.8 Å². The molecule has 106 valence electrons. The van der Waals surface area contributed by atoms with Gasteiger partial charge in [0, 0.05) is 17.3 Å². The molecule has 3 nitrogen and oxygen atoms in total. The molecule has 1 heterocycles. The van der Waals surface area contributed by atoms with E-state index in [1.165, 1.54) is 0 Å². The highest BCUT2D eigenvalue weighted by molar-refractivity contribution is 6.21. The Labute approximate surface area is 128 Å². The van der Waals surface area contributed by atoms with E-state index in [4.69, 9.17) is 11.6 Å². The molecule has 3 rings (SSSR count). The minimum absolute atomic E-state index is 0.0999. The lowest BCUT2D eigenvalue weighted by molar-refractivity contribution is 0.476. The number of phenolic OH excluding ortho intramolecular Hbond substituents is 1. The first kappa shape index (κ1) is 13.7. The van der Waals surface area contributed by atoms with Gasteiger partial charge in [-0.3, -0.25) is 0 Å². The van der Waals surface area contributed by atoms with Crippen LogP contribution in [0.3, 0.4) is 0 Å². The number of alkyl halides is 1. The zero-order valence-electron chi connectivity index (χ0n) is 11.5. The van der Waals surface area contributed by atoms with Gasteiger partial charge in [0.25, 0.3) is 0 Å². The van der Waals surface area contributed by atoms with Crippen molar-refractivity contribution in [3.05, 3.63) is 60.3 Å². The molecule has 0 aliphatic heterocycles. The first-order valence-corrected chi connectivity index (χ1v) is 7.16. The lowest BCUT2D eigenvalue weighted by atomic mass is 10.1. The van der Waals surface area contributed by atoms with Gasteiger partial charge in [0.05, 0.1) is 5.38 Å². The molecule has 0 bridgehead atoms. The van der Waals surface area contributed by atoms with Gasteiger partial charge < -0.3 is 10.4 Å². The maximum atomic E-state index is 9.69. The third-order valence-corrected chi connectivity index (χ3v) is 3.63. The molecule has 0 spiro atoms. The number of pyridine rings is 1. The van der Waals surface area contributed by atoms with Crippen molar-refractivity contribution >= 4 is 33.9 Å². The molecule has 4 heteroatoms. The summed E-state index contributed by atoms with van der Waals surface area (Å²) < 4.78 is 0. The average molecular weight is 299 g/mol. The minimum Gasteiger partial charge on any atom is -0.508 e. The van der Waals surface area contributed by atoms with Gasteiger partial charge in [-0.05, 0) is 42.1 Å². The summed E-state index contributed by atoms with van der Waals surface area (Å²) in [6, 6.07) is 15.0. The third kappa shape index (κ3) is 2.78. The number of hydrogen-bond acceptors (Lipinski definition) is 3. The van der Waals surface area contributed by atoms with Crippen LogP contribution < -0.4 is 5.32 Å². The maximum absolute atomic E-state index is 9.69. The van der Waals surface area contributed by atoms with Crippen LogP contribution in [-0.2, 0) is 0 Å². The predicted molar refractivity (Wildman–Crippen MR) is 87.4 cm³/mol. The first-order chi connectivity index (χ1) is 10.1. The van der Waals surface area contributed by atoms with Crippen molar-refractivity contribution in [3.63, 3.8) is 0 Å². The van der Waals surface area contributed by atoms with E-state index in [1.54, 1.807) is 18.3 Å². The fraction of sp³-hybridized carbons (Fsp3) is 0.118. The molecule has 1 aromatic heterocycles.